The summed E-state index contributed by atoms with van der Waals surface area (Å²) >= 11 is 0. The fourth-order valence-electron chi connectivity index (χ4n) is 3.03. The standard InChI is InChI=1S/C15H28N2O2/c1-3-15(8-9-15)11-17-13(19)16-10-14(2)7-5-4-6-12(14)18/h12,18H,3-11H2,1-2H3,(H2,16,17,19). The number of nitrogens with one attached hydrogen (secondary N) is 2. The average Bonchev–Trinajstić information content (AvgIpc) is 3.19. The molecule has 0 saturated heterocycles. The third-order valence-corrected chi connectivity index (χ3v) is 5.26. The first-order valence-corrected chi connectivity index (χ1v) is 7.69. The molecule has 0 radical (unpaired) electrons. The summed E-state index contributed by atoms with van der Waals surface area (Å²) in [6, 6.07) is -0.0845. The Hall–Kier alpha value is -0.770. The first-order chi connectivity index (χ1) is 9.00. The minimum Gasteiger partial charge on any atom is -0.392 e. The molecule has 0 aromatic heterocycles. The quantitative estimate of drug-likeness (QED) is 0.717. The molecule has 2 aliphatic carbocycles. The molecule has 2 rings (SSSR count). The molecule has 2 unspecified atom stereocenters. The fourth-order valence-corrected chi connectivity index (χ4v) is 3.03. The Kier molecular flexibility index (Phi) is 4.39. The van der Waals surface area contributed by atoms with Gasteiger partial charge in [0.1, 0.15) is 0 Å². The van der Waals surface area contributed by atoms with Crippen LogP contribution in [0.15, 0.2) is 0 Å². The van der Waals surface area contributed by atoms with Crippen LogP contribution in [-0.2, 0) is 0 Å². The third kappa shape index (κ3) is 3.62. The molecule has 2 atom stereocenters. The second-order valence-corrected chi connectivity index (χ2v) is 6.81. The molecule has 0 aromatic rings. The van der Waals surface area contributed by atoms with E-state index in [9.17, 15) is 9.90 Å². The summed E-state index contributed by atoms with van der Waals surface area (Å²) in [6.07, 6.45) is 7.43. The molecular formula is C15H28N2O2. The minimum absolute atomic E-state index is 0.0845. The highest BCUT2D eigenvalue weighted by atomic mass is 16.3. The van der Waals surface area contributed by atoms with Crippen molar-refractivity contribution >= 4 is 6.03 Å². The van der Waals surface area contributed by atoms with Crippen LogP contribution in [0.4, 0.5) is 4.79 Å². The van der Waals surface area contributed by atoms with Gasteiger partial charge >= 0.3 is 6.03 Å². The highest BCUT2D eigenvalue weighted by molar-refractivity contribution is 5.73. The third-order valence-electron chi connectivity index (χ3n) is 5.26. The molecule has 0 heterocycles. The molecule has 2 amide bonds. The molecule has 4 nitrogen and oxygen atoms in total. The smallest absolute Gasteiger partial charge is 0.314 e. The fraction of sp³-hybridized carbons (Fsp3) is 0.933. The van der Waals surface area contributed by atoms with Gasteiger partial charge < -0.3 is 15.7 Å². The van der Waals surface area contributed by atoms with E-state index >= 15 is 0 Å². The Bertz CT molecular complexity index is 328. The lowest BCUT2D eigenvalue weighted by Crippen LogP contribution is -2.48. The van der Waals surface area contributed by atoms with Crippen LogP contribution in [0.25, 0.3) is 0 Å². The number of aliphatic hydroxyl groups is 1. The Morgan fingerprint density at radius 1 is 1.21 bits per heavy atom. The second-order valence-electron chi connectivity index (χ2n) is 6.81. The van der Waals surface area contributed by atoms with Gasteiger partial charge in [-0.2, -0.15) is 0 Å². The van der Waals surface area contributed by atoms with E-state index < -0.39 is 0 Å². The summed E-state index contributed by atoms with van der Waals surface area (Å²) in [5.74, 6) is 0. The number of urea groups is 1. The SMILES string of the molecule is CCC1(CNC(=O)NCC2(C)CCCCC2O)CC1. The van der Waals surface area contributed by atoms with Crippen molar-refractivity contribution in [3.63, 3.8) is 0 Å². The maximum Gasteiger partial charge on any atom is 0.314 e. The van der Waals surface area contributed by atoms with E-state index in [0.717, 1.165) is 38.6 Å². The van der Waals surface area contributed by atoms with Crippen LogP contribution in [0.1, 0.15) is 58.8 Å². The van der Waals surface area contributed by atoms with Crippen LogP contribution in [0.5, 0.6) is 0 Å². The van der Waals surface area contributed by atoms with Crippen molar-refractivity contribution in [3.8, 4) is 0 Å². The predicted molar refractivity (Wildman–Crippen MR) is 75.9 cm³/mol. The number of carbonyl (C=O) groups is 1. The van der Waals surface area contributed by atoms with Crippen LogP contribution in [0, 0.1) is 10.8 Å². The van der Waals surface area contributed by atoms with E-state index in [4.69, 9.17) is 0 Å². The van der Waals surface area contributed by atoms with E-state index in [2.05, 4.69) is 24.5 Å². The van der Waals surface area contributed by atoms with Crippen LogP contribution >= 0.6 is 0 Å². The van der Waals surface area contributed by atoms with Crippen molar-refractivity contribution in [3.05, 3.63) is 0 Å². The molecule has 0 spiro atoms. The molecule has 0 aromatic carbocycles. The number of rotatable bonds is 5. The van der Waals surface area contributed by atoms with Gasteiger partial charge in [0.2, 0.25) is 0 Å². The molecule has 2 aliphatic rings. The van der Waals surface area contributed by atoms with Crippen molar-refractivity contribution < 1.29 is 9.90 Å². The molecule has 110 valence electrons. The number of hydrogen-bond acceptors (Lipinski definition) is 2. The second kappa shape index (κ2) is 5.70. The summed E-state index contributed by atoms with van der Waals surface area (Å²) < 4.78 is 0. The Labute approximate surface area is 116 Å². The van der Waals surface area contributed by atoms with Gasteiger partial charge in [0.05, 0.1) is 6.10 Å². The topological polar surface area (TPSA) is 61.4 Å². The predicted octanol–water partition coefficient (Wildman–Crippen LogP) is 2.42. The van der Waals surface area contributed by atoms with Crippen LogP contribution in [0.2, 0.25) is 0 Å². The van der Waals surface area contributed by atoms with E-state index in [1.165, 1.54) is 12.8 Å². The Morgan fingerprint density at radius 2 is 1.89 bits per heavy atom. The van der Waals surface area contributed by atoms with Gasteiger partial charge in [-0.15, -0.1) is 0 Å². The molecule has 2 fully saturated rings. The number of aliphatic hydroxyl groups excluding tert-OH is 1. The summed E-state index contributed by atoms with van der Waals surface area (Å²) in [6.45, 7) is 5.62. The minimum atomic E-state index is -0.285. The van der Waals surface area contributed by atoms with E-state index in [1.54, 1.807) is 0 Å². The van der Waals surface area contributed by atoms with E-state index in [-0.39, 0.29) is 17.6 Å². The van der Waals surface area contributed by atoms with Gasteiger partial charge in [0.15, 0.2) is 0 Å². The first kappa shape index (κ1) is 14.6. The average molecular weight is 268 g/mol. The summed E-state index contributed by atoms with van der Waals surface area (Å²) in [5.41, 5.74) is 0.225. The number of hydrogen-bond donors (Lipinski definition) is 3. The largest absolute Gasteiger partial charge is 0.392 e. The monoisotopic (exact) mass is 268 g/mol. The summed E-state index contributed by atoms with van der Waals surface area (Å²) in [7, 11) is 0. The maximum absolute atomic E-state index is 11.8. The Morgan fingerprint density at radius 3 is 2.47 bits per heavy atom. The molecule has 0 bridgehead atoms. The summed E-state index contributed by atoms with van der Waals surface area (Å²) in [4.78, 5) is 11.8. The van der Waals surface area contributed by atoms with Gasteiger partial charge in [-0.1, -0.05) is 26.7 Å². The van der Waals surface area contributed by atoms with Crippen LogP contribution in [-0.4, -0.2) is 30.3 Å². The van der Waals surface area contributed by atoms with E-state index in [0.29, 0.717) is 12.0 Å². The lowest BCUT2D eigenvalue weighted by molar-refractivity contribution is 0.00307. The lowest BCUT2D eigenvalue weighted by atomic mass is 9.73. The van der Waals surface area contributed by atoms with Crippen LogP contribution < -0.4 is 10.6 Å². The summed E-state index contributed by atoms with van der Waals surface area (Å²) in [5, 5.41) is 16.0. The molecule has 2 saturated carbocycles. The zero-order chi connectivity index (χ0) is 13.9. The van der Waals surface area contributed by atoms with Gasteiger partial charge in [-0.3, -0.25) is 0 Å². The molecule has 4 heteroatoms. The number of amides is 2. The van der Waals surface area contributed by atoms with E-state index in [1.807, 2.05) is 0 Å². The van der Waals surface area contributed by atoms with Gasteiger partial charge in [0.25, 0.3) is 0 Å². The molecule has 19 heavy (non-hydrogen) atoms. The zero-order valence-electron chi connectivity index (χ0n) is 12.3. The van der Waals surface area contributed by atoms with Crippen molar-refractivity contribution in [1.82, 2.24) is 10.6 Å². The number of carbonyl (C=O) groups excluding carboxylic acids is 1. The van der Waals surface area contributed by atoms with Gasteiger partial charge in [-0.25, -0.2) is 4.79 Å². The first-order valence-electron chi connectivity index (χ1n) is 7.69. The van der Waals surface area contributed by atoms with Crippen molar-refractivity contribution in [1.29, 1.82) is 0 Å². The zero-order valence-corrected chi connectivity index (χ0v) is 12.3. The lowest BCUT2D eigenvalue weighted by Gasteiger charge is -2.38. The van der Waals surface area contributed by atoms with Gasteiger partial charge in [0, 0.05) is 18.5 Å². The molecule has 0 aliphatic heterocycles. The molecule has 3 N–H and O–H groups in total. The van der Waals surface area contributed by atoms with Crippen LogP contribution in [0.3, 0.4) is 0 Å². The van der Waals surface area contributed by atoms with Gasteiger partial charge in [-0.05, 0) is 37.5 Å². The highest BCUT2D eigenvalue weighted by Crippen LogP contribution is 2.47. The van der Waals surface area contributed by atoms with Crippen molar-refractivity contribution in [2.24, 2.45) is 10.8 Å². The highest BCUT2D eigenvalue weighted by Gasteiger charge is 2.41. The van der Waals surface area contributed by atoms with Crippen molar-refractivity contribution in [2.45, 2.75) is 64.9 Å². The normalized spacial score (nSPS) is 32.7. The Balaban J connectivity index is 1.70. The maximum atomic E-state index is 11.8. The molecular weight excluding hydrogens is 240 g/mol. The van der Waals surface area contributed by atoms with Crippen molar-refractivity contribution in [2.75, 3.05) is 13.1 Å².